The van der Waals surface area contributed by atoms with Gasteiger partial charge >= 0.3 is 0 Å². The molecule has 0 radical (unpaired) electrons. The monoisotopic (exact) mass is 256 g/mol. The van der Waals surface area contributed by atoms with Gasteiger partial charge in [-0.25, -0.2) is 0 Å². The van der Waals surface area contributed by atoms with E-state index in [-0.39, 0.29) is 0 Å². The highest BCUT2D eigenvalue weighted by Crippen LogP contribution is 2.55. The van der Waals surface area contributed by atoms with Crippen molar-refractivity contribution in [2.75, 3.05) is 0 Å². The van der Waals surface area contributed by atoms with Gasteiger partial charge in [0.1, 0.15) is 0 Å². The Morgan fingerprint density at radius 3 is 1.58 bits per heavy atom. The van der Waals surface area contributed by atoms with Crippen molar-refractivity contribution in [3.63, 3.8) is 0 Å². The van der Waals surface area contributed by atoms with Crippen LogP contribution in [-0.2, 0) is 16.2 Å². The molecule has 0 amide bonds. The fraction of sp³-hybridized carbons (Fsp3) is 0.684. The Balaban J connectivity index is 2.37. The molecule has 0 heteroatoms. The minimum Gasteiger partial charge on any atom is -0.0558 e. The third-order valence-corrected chi connectivity index (χ3v) is 5.95. The minimum atomic E-state index is 0.350. The molecule has 104 valence electrons. The fourth-order valence-electron chi connectivity index (χ4n) is 4.33. The first-order valence-electron chi connectivity index (χ1n) is 7.82. The first-order valence-corrected chi connectivity index (χ1v) is 7.82. The van der Waals surface area contributed by atoms with Gasteiger partial charge in [0.15, 0.2) is 0 Å². The second kappa shape index (κ2) is 3.65. The molecular formula is C19H28. The molecule has 0 saturated carbocycles. The third kappa shape index (κ3) is 1.79. The van der Waals surface area contributed by atoms with Crippen LogP contribution in [0.1, 0.15) is 82.6 Å². The Bertz CT molecular complexity index is 490. The van der Waals surface area contributed by atoms with E-state index in [4.69, 9.17) is 0 Å². The Morgan fingerprint density at radius 1 is 0.737 bits per heavy atom. The maximum atomic E-state index is 2.51. The summed E-state index contributed by atoms with van der Waals surface area (Å²) in [4.78, 5) is 0. The molecule has 0 heterocycles. The van der Waals surface area contributed by atoms with Crippen LogP contribution < -0.4 is 0 Å². The molecule has 0 bridgehead atoms. The molecule has 0 spiro atoms. The van der Waals surface area contributed by atoms with Crippen LogP contribution in [0.5, 0.6) is 0 Å². The highest BCUT2D eigenvalue weighted by atomic mass is 14.5. The SMILES string of the molecule is Cc1cc2c3c(c1)C(C)(C)CCC3(C)CCC2(C)C. The number of aryl methyl sites for hydroxylation is 1. The number of rotatable bonds is 0. The molecule has 3 rings (SSSR count). The quantitative estimate of drug-likeness (QED) is 0.583. The van der Waals surface area contributed by atoms with Gasteiger partial charge in [0.2, 0.25) is 0 Å². The number of benzene rings is 1. The molecule has 19 heavy (non-hydrogen) atoms. The molecule has 0 aromatic heterocycles. The summed E-state index contributed by atoms with van der Waals surface area (Å²) in [5, 5.41) is 0. The lowest BCUT2D eigenvalue weighted by Gasteiger charge is -2.51. The van der Waals surface area contributed by atoms with Gasteiger partial charge in [-0.15, -0.1) is 0 Å². The molecule has 2 aliphatic rings. The van der Waals surface area contributed by atoms with Gasteiger partial charge in [-0.2, -0.15) is 0 Å². The van der Waals surface area contributed by atoms with Gasteiger partial charge in [-0.1, -0.05) is 52.3 Å². The summed E-state index contributed by atoms with van der Waals surface area (Å²) in [6.45, 7) is 14.5. The van der Waals surface area contributed by atoms with Crippen molar-refractivity contribution in [2.45, 2.75) is 83.5 Å². The van der Waals surface area contributed by atoms with Gasteiger partial charge in [0.05, 0.1) is 0 Å². The van der Waals surface area contributed by atoms with E-state index < -0.39 is 0 Å². The van der Waals surface area contributed by atoms with Crippen LogP contribution in [-0.4, -0.2) is 0 Å². The second-order valence-corrected chi connectivity index (χ2v) is 8.56. The Labute approximate surface area is 118 Å². The van der Waals surface area contributed by atoms with Gasteiger partial charge in [-0.05, 0) is 65.5 Å². The summed E-state index contributed by atoms with van der Waals surface area (Å²) < 4.78 is 0. The Kier molecular flexibility index (Phi) is 2.54. The molecule has 2 aliphatic carbocycles. The van der Waals surface area contributed by atoms with E-state index in [9.17, 15) is 0 Å². The van der Waals surface area contributed by atoms with Crippen molar-refractivity contribution in [1.29, 1.82) is 0 Å². The van der Waals surface area contributed by atoms with Crippen LogP contribution in [0.15, 0.2) is 12.1 Å². The summed E-state index contributed by atoms with van der Waals surface area (Å²) in [5.74, 6) is 0. The van der Waals surface area contributed by atoms with Crippen molar-refractivity contribution in [1.82, 2.24) is 0 Å². The Morgan fingerprint density at radius 2 is 1.16 bits per heavy atom. The van der Waals surface area contributed by atoms with E-state index in [1.807, 2.05) is 0 Å². The summed E-state index contributed by atoms with van der Waals surface area (Å²) in [6.07, 6.45) is 5.39. The van der Waals surface area contributed by atoms with Gasteiger partial charge in [-0.3, -0.25) is 0 Å². The summed E-state index contributed by atoms with van der Waals surface area (Å²) in [5.41, 5.74) is 7.58. The first-order chi connectivity index (χ1) is 8.66. The van der Waals surface area contributed by atoms with E-state index in [0.29, 0.717) is 16.2 Å². The van der Waals surface area contributed by atoms with Crippen LogP contribution in [0.4, 0.5) is 0 Å². The minimum absolute atomic E-state index is 0.350. The lowest BCUT2D eigenvalue weighted by Crippen LogP contribution is -2.43. The standard InChI is InChI=1S/C19H28/c1-13-11-14-16-15(12-13)18(4,5)8-10-19(16,6)9-7-17(14,2)3/h11-12H,7-10H2,1-6H3. The van der Waals surface area contributed by atoms with E-state index in [2.05, 4.69) is 53.7 Å². The zero-order valence-electron chi connectivity index (χ0n) is 13.5. The largest absolute Gasteiger partial charge is 0.0558 e. The highest BCUT2D eigenvalue weighted by Gasteiger charge is 2.46. The predicted octanol–water partition coefficient (Wildman–Crippen LogP) is 5.40. The molecule has 0 fully saturated rings. The van der Waals surface area contributed by atoms with Crippen LogP contribution >= 0.6 is 0 Å². The normalized spacial score (nSPS) is 25.8. The van der Waals surface area contributed by atoms with Crippen LogP contribution in [0, 0.1) is 6.92 Å². The van der Waals surface area contributed by atoms with Crippen LogP contribution in [0.2, 0.25) is 0 Å². The molecule has 0 saturated heterocycles. The van der Waals surface area contributed by atoms with E-state index >= 15 is 0 Å². The zero-order valence-corrected chi connectivity index (χ0v) is 13.5. The van der Waals surface area contributed by atoms with Crippen molar-refractivity contribution < 1.29 is 0 Å². The number of hydrogen-bond acceptors (Lipinski definition) is 0. The lowest BCUT2D eigenvalue weighted by molar-refractivity contribution is 0.242. The van der Waals surface area contributed by atoms with Gasteiger partial charge in [0.25, 0.3) is 0 Å². The topological polar surface area (TPSA) is 0 Å². The second-order valence-electron chi connectivity index (χ2n) is 8.56. The number of hydrogen-bond donors (Lipinski definition) is 0. The zero-order chi connectivity index (χ0) is 14.1. The average molecular weight is 256 g/mol. The van der Waals surface area contributed by atoms with Gasteiger partial charge < -0.3 is 0 Å². The molecule has 0 unspecified atom stereocenters. The highest BCUT2D eigenvalue weighted by molar-refractivity contribution is 5.53. The summed E-state index contributed by atoms with van der Waals surface area (Å²) in [7, 11) is 0. The third-order valence-electron chi connectivity index (χ3n) is 5.95. The van der Waals surface area contributed by atoms with Crippen LogP contribution in [0.3, 0.4) is 0 Å². The lowest BCUT2D eigenvalue weighted by atomic mass is 9.53. The summed E-state index contributed by atoms with van der Waals surface area (Å²) >= 11 is 0. The van der Waals surface area contributed by atoms with E-state index in [0.717, 1.165) is 0 Å². The molecule has 1 aromatic rings. The summed E-state index contributed by atoms with van der Waals surface area (Å²) in [6, 6.07) is 4.94. The van der Waals surface area contributed by atoms with Crippen molar-refractivity contribution in [2.24, 2.45) is 0 Å². The van der Waals surface area contributed by atoms with Crippen molar-refractivity contribution in [3.05, 3.63) is 34.4 Å². The molecular weight excluding hydrogens is 228 g/mol. The maximum Gasteiger partial charge on any atom is -0.00687 e. The smallest absolute Gasteiger partial charge is 0.00687 e. The average Bonchev–Trinajstić information content (AvgIpc) is 2.31. The molecule has 0 nitrogen and oxygen atoms in total. The molecule has 0 atom stereocenters. The molecule has 1 aromatic carbocycles. The van der Waals surface area contributed by atoms with E-state index in [1.165, 1.54) is 31.2 Å². The fourth-order valence-corrected chi connectivity index (χ4v) is 4.33. The van der Waals surface area contributed by atoms with Gasteiger partial charge in [0, 0.05) is 0 Å². The van der Waals surface area contributed by atoms with E-state index in [1.54, 1.807) is 16.7 Å². The van der Waals surface area contributed by atoms with Crippen molar-refractivity contribution >= 4 is 0 Å². The van der Waals surface area contributed by atoms with Crippen molar-refractivity contribution in [3.8, 4) is 0 Å². The van der Waals surface area contributed by atoms with Crippen LogP contribution in [0.25, 0.3) is 0 Å². The maximum absolute atomic E-state index is 2.51. The molecule has 0 aliphatic heterocycles. The predicted molar refractivity (Wildman–Crippen MR) is 83.1 cm³/mol. The molecule has 0 N–H and O–H groups in total. The Hall–Kier alpha value is -0.780. The first kappa shape index (κ1) is 13.2.